The first-order valence-corrected chi connectivity index (χ1v) is 7.04. The third-order valence-corrected chi connectivity index (χ3v) is 4.05. The number of fused-ring (bicyclic) bond motifs is 2. The molecule has 0 aliphatic heterocycles. The summed E-state index contributed by atoms with van der Waals surface area (Å²) in [4.78, 5) is 15.4. The van der Waals surface area contributed by atoms with Crippen molar-refractivity contribution >= 4 is 33.0 Å². The summed E-state index contributed by atoms with van der Waals surface area (Å²) in [6.45, 7) is 0. The summed E-state index contributed by atoms with van der Waals surface area (Å²) in [6.07, 6.45) is 1.72. The monoisotopic (exact) mass is 316 g/mol. The lowest BCUT2D eigenvalue weighted by Gasteiger charge is -1.90. The highest BCUT2D eigenvalue weighted by atomic mass is 32.1. The van der Waals surface area contributed by atoms with Crippen LogP contribution in [0.15, 0.2) is 34.9 Å². The minimum Gasteiger partial charge on any atom is -0.472 e. The van der Waals surface area contributed by atoms with E-state index in [1.807, 2.05) is 0 Å². The predicted octanol–water partition coefficient (Wildman–Crippen LogP) is 3.12. The Morgan fingerprint density at radius 2 is 2.27 bits per heavy atom. The molecule has 0 bridgehead atoms. The van der Waals surface area contributed by atoms with Crippen molar-refractivity contribution in [1.29, 1.82) is 0 Å². The van der Waals surface area contributed by atoms with E-state index < -0.39 is 4.92 Å². The number of hydrogen-bond acceptors (Lipinski definition) is 7. The maximum atomic E-state index is 10.8. The van der Waals surface area contributed by atoms with E-state index in [-0.39, 0.29) is 5.69 Å². The highest BCUT2D eigenvalue weighted by Crippen LogP contribution is 2.31. The van der Waals surface area contributed by atoms with E-state index in [9.17, 15) is 10.1 Å². The summed E-state index contributed by atoms with van der Waals surface area (Å²) in [7, 11) is 1.55. The maximum absolute atomic E-state index is 10.8. The van der Waals surface area contributed by atoms with Gasteiger partial charge in [0.1, 0.15) is 11.3 Å². The first-order valence-electron chi connectivity index (χ1n) is 6.22. The second-order valence-electron chi connectivity index (χ2n) is 4.52. The van der Waals surface area contributed by atoms with Crippen LogP contribution in [0.3, 0.4) is 0 Å². The average Bonchev–Trinajstić information content (AvgIpc) is 3.17. The molecule has 0 saturated carbocycles. The van der Waals surface area contributed by atoms with Crippen LogP contribution in [0.5, 0.6) is 5.19 Å². The highest BCUT2D eigenvalue weighted by molar-refractivity contribution is 7.18. The number of imidazole rings is 1. The van der Waals surface area contributed by atoms with Crippen LogP contribution in [-0.4, -0.2) is 26.6 Å². The smallest absolute Gasteiger partial charge is 0.294 e. The van der Waals surface area contributed by atoms with Crippen LogP contribution in [0, 0.1) is 10.1 Å². The zero-order chi connectivity index (χ0) is 15.3. The van der Waals surface area contributed by atoms with Crippen LogP contribution in [0.1, 0.15) is 0 Å². The molecule has 0 amide bonds. The van der Waals surface area contributed by atoms with Crippen molar-refractivity contribution in [2.75, 3.05) is 7.11 Å². The molecule has 0 N–H and O–H groups in total. The number of methoxy groups -OCH3 is 1. The number of nitrogens with zero attached hydrogens (tertiary/aromatic N) is 4. The number of hydrogen-bond donors (Lipinski definition) is 0. The molecule has 4 aromatic rings. The van der Waals surface area contributed by atoms with E-state index in [2.05, 4.69) is 10.1 Å². The Labute approximate surface area is 126 Å². The average molecular weight is 316 g/mol. The van der Waals surface area contributed by atoms with Crippen molar-refractivity contribution in [3.63, 3.8) is 0 Å². The van der Waals surface area contributed by atoms with Crippen molar-refractivity contribution in [1.82, 2.24) is 14.6 Å². The summed E-state index contributed by atoms with van der Waals surface area (Å²) in [5, 5.41) is 16.3. The Bertz CT molecular complexity index is 984. The second-order valence-corrected chi connectivity index (χ2v) is 5.43. The fourth-order valence-electron chi connectivity index (χ4n) is 2.14. The van der Waals surface area contributed by atoms with Gasteiger partial charge in [0.2, 0.25) is 4.96 Å². The lowest BCUT2D eigenvalue weighted by atomic mass is 10.2. The lowest BCUT2D eigenvalue weighted by Crippen LogP contribution is -1.85. The Morgan fingerprint density at radius 3 is 3.00 bits per heavy atom. The third kappa shape index (κ3) is 1.91. The molecule has 1 aromatic carbocycles. The van der Waals surface area contributed by atoms with Gasteiger partial charge in [-0.05, 0) is 23.5 Å². The minimum absolute atomic E-state index is 0.00868. The van der Waals surface area contributed by atoms with Gasteiger partial charge in [0, 0.05) is 11.5 Å². The standard InChI is InChI=1S/C13H8N4O4S/c1-20-13-15-16-6-9(14-12(16)22-13)11-4-7-2-3-8(17(18)19)5-10(7)21-11/h2-6H,1H3. The number of furan rings is 1. The van der Waals surface area contributed by atoms with Crippen molar-refractivity contribution in [3.8, 4) is 16.6 Å². The SMILES string of the molecule is COc1nn2cc(-c3cc4ccc([N+](=O)[O-])cc4o3)nc2s1. The molecule has 8 nitrogen and oxygen atoms in total. The Hall–Kier alpha value is -2.94. The van der Waals surface area contributed by atoms with E-state index in [0.29, 0.717) is 27.2 Å². The van der Waals surface area contributed by atoms with Crippen molar-refractivity contribution < 1.29 is 14.1 Å². The molecule has 0 radical (unpaired) electrons. The van der Waals surface area contributed by atoms with E-state index in [1.54, 1.807) is 30.0 Å². The number of ether oxygens (including phenoxy) is 1. The van der Waals surface area contributed by atoms with Gasteiger partial charge in [0.15, 0.2) is 5.76 Å². The van der Waals surface area contributed by atoms with Crippen molar-refractivity contribution in [2.45, 2.75) is 0 Å². The normalized spacial score (nSPS) is 11.3. The molecule has 9 heteroatoms. The molecule has 0 atom stereocenters. The van der Waals surface area contributed by atoms with Crippen LogP contribution in [0.25, 0.3) is 27.4 Å². The fourth-order valence-corrected chi connectivity index (χ4v) is 2.84. The van der Waals surface area contributed by atoms with Gasteiger partial charge in [-0.3, -0.25) is 10.1 Å². The molecule has 3 heterocycles. The second kappa shape index (κ2) is 4.53. The molecule has 0 spiro atoms. The van der Waals surface area contributed by atoms with E-state index in [0.717, 1.165) is 5.39 Å². The van der Waals surface area contributed by atoms with E-state index >= 15 is 0 Å². The molecule has 110 valence electrons. The first-order chi connectivity index (χ1) is 10.6. The number of nitro benzene ring substituents is 1. The predicted molar refractivity (Wildman–Crippen MR) is 79.3 cm³/mol. The highest BCUT2D eigenvalue weighted by Gasteiger charge is 2.15. The number of benzene rings is 1. The van der Waals surface area contributed by atoms with Crippen molar-refractivity contribution in [3.05, 3.63) is 40.6 Å². The number of aromatic nitrogens is 3. The first kappa shape index (κ1) is 12.8. The van der Waals surface area contributed by atoms with Gasteiger partial charge in [-0.1, -0.05) is 0 Å². The lowest BCUT2D eigenvalue weighted by molar-refractivity contribution is -0.384. The molecule has 4 rings (SSSR count). The number of rotatable bonds is 3. The molecule has 22 heavy (non-hydrogen) atoms. The number of nitro groups is 1. The van der Waals surface area contributed by atoms with Crippen LogP contribution < -0.4 is 4.74 Å². The van der Waals surface area contributed by atoms with Crippen LogP contribution in [0.2, 0.25) is 0 Å². The third-order valence-electron chi connectivity index (χ3n) is 3.17. The van der Waals surface area contributed by atoms with Gasteiger partial charge in [-0.15, -0.1) is 5.10 Å². The quantitative estimate of drug-likeness (QED) is 0.425. The van der Waals surface area contributed by atoms with Gasteiger partial charge < -0.3 is 9.15 Å². The Balaban J connectivity index is 1.81. The molecule has 0 fully saturated rings. The molecule has 0 aliphatic rings. The van der Waals surface area contributed by atoms with Crippen LogP contribution in [0.4, 0.5) is 5.69 Å². The molecule has 0 unspecified atom stereocenters. The van der Waals surface area contributed by atoms with E-state index in [1.165, 1.54) is 23.5 Å². The van der Waals surface area contributed by atoms with Gasteiger partial charge >= 0.3 is 0 Å². The van der Waals surface area contributed by atoms with Crippen LogP contribution >= 0.6 is 11.3 Å². The van der Waals surface area contributed by atoms with E-state index in [4.69, 9.17) is 9.15 Å². The summed E-state index contributed by atoms with van der Waals surface area (Å²) in [5.74, 6) is 0.534. The van der Waals surface area contributed by atoms with Gasteiger partial charge in [0.05, 0.1) is 24.3 Å². The molecular formula is C13H8N4O4S. The largest absolute Gasteiger partial charge is 0.472 e. The summed E-state index contributed by atoms with van der Waals surface area (Å²) in [5.41, 5.74) is 1.05. The van der Waals surface area contributed by atoms with Gasteiger partial charge in [-0.2, -0.15) is 0 Å². The van der Waals surface area contributed by atoms with Gasteiger partial charge in [-0.25, -0.2) is 9.50 Å². The minimum atomic E-state index is -0.454. The molecule has 0 saturated heterocycles. The zero-order valence-electron chi connectivity index (χ0n) is 11.2. The van der Waals surface area contributed by atoms with Crippen molar-refractivity contribution in [2.24, 2.45) is 0 Å². The molecular weight excluding hydrogens is 308 g/mol. The van der Waals surface area contributed by atoms with Gasteiger partial charge in [0.25, 0.3) is 10.9 Å². The number of non-ortho nitro benzene ring substituents is 1. The summed E-state index contributed by atoms with van der Waals surface area (Å²) >= 11 is 1.31. The molecule has 0 aliphatic carbocycles. The van der Waals surface area contributed by atoms with Crippen LogP contribution in [-0.2, 0) is 0 Å². The topological polar surface area (TPSA) is 95.7 Å². The maximum Gasteiger partial charge on any atom is 0.294 e. The zero-order valence-corrected chi connectivity index (χ0v) is 12.0. The Morgan fingerprint density at radius 1 is 1.41 bits per heavy atom. The Kier molecular flexibility index (Phi) is 2.63. The summed E-state index contributed by atoms with van der Waals surface area (Å²) < 4.78 is 12.3. The summed E-state index contributed by atoms with van der Waals surface area (Å²) in [6, 6.07) is 6.29. The molecule has 3 aromatic heterocycles. The fraction of sp³-hybridized carbons (Fsp3) is 0.0769.